The highest BCUT2D eigenvalue weighted by molar-refractivity contribution is 5.37. The zero-order valence-electron chi connectivity index (χ0n) is 11.2. The average Bonchev–Trinajstić information content (AvgIpc) is 2.91. The predicted molar refractivity (Wildman–Crippen MR) is 72.1 cm³/mol. The molecule has 1 N–H and O–H groups in total. The molecule has 0 aliphatic carbocycles. The van der Waals surface area contributed by atoms with Gasteiger partial charge >= 0.3 is 0 Å². The van der Waals surface area contributed by atoms with E-state index >= 15 is 0 Å². The molecule has 1 aromatic heterocycles. The second-order valence-electron chi connectivity index (χ2n) is 4.66. The Hall–Kier alpha value is -1.36. The molecule has 0 spiro atoms. The summed E-state index contributed by atoms with van der Waals surface area (Å²) in [6.45, 7) is 5.31. The van der Waals surface area contributed by atoms with E-state index in [1.54, 1.807) is 13.3 Å². The Morgan fingerprint density at radius 2 is 2.39 bits per heavy atom. The molecule has 1 unspecified atom stereocenters. The predicted octanol–water partition coefficient (Wildman–Crippen LogP) is 1.45. The SMILES string of the molecule is CCCN(CC1CCCN1)c1cncc(OC)n1. The van der Waals surface area contributed by atoms with Gasteiger partial charge in [-0.15, -0.1) is 0 Å². The van der Waals surface area contributed by atoms with E-state index in [4.69, 9.17) is 4.74 Å². The molecule has 1 saturated heterocycles. The van der Waals surface area contributed by atoms with Gasteiger partial charge in [0.05, 0.1) is 19.5 Å². The minimum atomic E-state index is 0.574. The van der Waals surface area contributed by atoms with E-state index < -0.39 is 0 Å². The van der Waals surface area contributed by atoms with Crippen LogP contribution in [0.5, 0.6) is 5.88 Å². The molecule has 2 heterocycles. The van der Waals surface area contributed by atoms with Crippen LogP contribution < -0.4 is 15.0 Å². The molecule has 1 aliphatic rings. The summed E-state index contributed by atoms with van der Waals surface area (Å²) < 4.78 is 5.14. The van der Waals surface area contributed by atoms with Crippen molar-refractivity contribution >= 4 is 5.82 Å². The fourth-order valence-electron chi connectivity index (χ4n) is 2.34. The number of rotatable bonds is 6. The van der Waals surface area contributed by atoms with Crippen LogP contribution in [0.4, 0.5) is 5.82 Å². The molecule has 1 atom stereocenters. The maximum Gasteiger partial charge on any atom is 0.233 e. The first-order valence-corrected chi connectivity index (χ1v) is 6.68. The van der Waals surface area contributed by atoms with E-state index in [1.807, 2.05) is 6.20 Å². The Kier molecular flexibility index (Phi) is 4.75. The zero-order chi connectivity index (χ0) is 12.8. The van der Waals surface area contributed by atoms with Gasteiger partial charge in [0, 0.05) is 19.1 Å². The van der Waals surface area contributed by atoms with Crippen LogP contribution in [0.15, 0.2) is 12.4 Å². The molecular weight excluding hydrogens is 228 g/mol. The Morgan fingerprint density at radius 3 is 3.06 bits per heavy atom. The highest BCUT2D eigenvalue weighted by Gasteiger charge is 2.18. The summed E-state index contributed by atoms with van der Waals surface area (Å²) in [4.78, 5) is 10.9. The van der Waals surface area contributed by atoms with Crippen LogP contribution in [-0.2, 0) is 0 Å². The molecule has 0 aromatic carbocycles. The van der Waals surface area contributed by atoms with Crippen molar-refractivity contribution in [3.8, 4) is 5.88 Å². The standard InChI is InChI=1S/C13H22N4O/c1-3-7-17(10-11-5-4-6-15-11)12-8-14-9-13(16-12)18-2/h8-9,11,15H,3-7,10H2,1-2H3. The molecule has 5 nitrogen and oxygen atoms in total. The number of methoxy groups -OCH3 is 1. The van der Waals surface area contributed by atoms with E-state index in [0.29, 0.717) is 11.9 Å². The fraction of sp³-hybridized carbons (Fsp3) is 0.692. The summed E-state index contributed by atoms with van der Waals surface area (Å²) in [6.07, 6.45) is 7.08. The zero-order valence-corrected chi connectivity index (χ0v) is 11.2. The van der Waals surface area contributed by atoms with E-state index in [-0.39, 0.29) is 0 Å². The lowest BCUT2D eigenvalue weighted by Gasteiger charge is -2.26. The third-order valence-corrected chi connectivity index (χ3v) is 3.23. The Labute approximate surface area is 109 Å². The minimum absolute atomic E-state index is 0.574. The monoisotopic (exact) mass is 250 g/mol. The van der Waals surface area contributed by atoms with Crippen molar-refractivity contribution in [2.75, 3.05) is 31.6 Å². The first kappa shape index (κ1) is 13.1. The highest BCUT2D eigenvalue weighted by atomic mass is 16.5. The minimum Gasteiger partial charge on any atom is -0.480 e. The van der Waals surface area contributed by atoms with Gasteiger partial charge in [0.15, 0.2) is 5.82 Å². The molecule has 0 radical (unpaired) electrons. The van der Waals surface area contributed by atoms with Gasteiger partial charge in [0.1, 0.15) is 0 Å². The van der Waals surface area contributed by atoms with Gasteiger partial charge in [-0.2, -0.15) is 4.98 Å². The number of nitrogens with zero attached hydrogens (tertiary/aromatic N) is 3. The summed E-state index contributed by atoms with van der Waals surface area (Å²) in [7, 11) is 1.62. The number of anilines is 1. The highest BCUT2D eigenvalue weighted by Crippen LogP contribution is 2.16. The summed E-state index contributed by atoms with van der Waals surface area (Å²) in [5.41, 5.74) is 0. The molecule has 0 amide bonds. The van der Waals surface area contributed by atoms with Crippen molar-refractivity contribution in [1.82, 2.24) is 15.3 Å². The smallest absolute Gasteiger partial charge is 0.233 e. The Morgan fingerprint density at radius 1 is 1.50 bits per heavy atom. The molecule has 100 valence electrons. The van der Waals surface area contributed by atoms with Crippen LogP contribution in [-0.4, -0.2) is 42.8 Å². The van der Waals surface area contributed by atoms with Crippen molar-refractivity contribution < 1.29 is 4.74 Å². The van der Waals surface area contributed by atoms with Gasteiger partial charge in [-0.25, -0.2) is 0 Å². The summed E-state index contributed by atoms with van der Waals surface area (Å²) in [5, 5.41) is 3.52. The van der Waals surface area contributed by atoms with Crippen LogP contribution in [0.3, 0.4) is 0 Å². The summed E-state index contributed by atoms with van der Waals surface area (Å²) in [5.74, 6) is 1.48. The van der Waals surface area contributed by atoms with Gasteiger partial charge in [-0.05, 0) is 25.8 Å². The molecule has 2 rings (SSSR count). The lowest BCUT2D eigenvalue weighted by Crippen LogP contribution is -2.38. The van der Waals surface area contributed by atoms with Gasteiger partial charge in [0.2, 0.25) is 5.88 Å². The van der Waals surface area contributed by atoms with E-state index in [1.165, 1.54) is 12.8 Å². The van der Waals surface area contributed by atoms with Gasteiger partial charge < -0.3 is 15.0 Å². The maximum absolute atomic E-state index is 5.14. The third kappa shape index (κ3) is 3.32. The van der Waals surface area contributed by atoms with Crippen LogP contribution in [0.25, 0.3) is 0 Å². The first-order valence-electron chi connectivity index (χ1n) is 6.68. The number of hydrogen-bond acceptors (Lipinski definition) is 5. The fourth-order valence-corrected chi connectivity index (χ4v) is 2.34. The van der Waals surface area contributed by atoms with E-state index in [0.717, 1.165) is 31.9 Å². The molecule has 1 aromatic rings. The Balaban J connectivity index is 2.06. The average molecular weight is 250 g/mol. The number of aromatic nitrogens is 2. The number of hydrogen-bond donors (Lipinski definition) is 1. The van der Waals surface area contributed by atoms with Crippen molar-refractivity contribution in [2.45, 2.75) is 32.2 Å². The molecule has 5 heteroatoms. The molecule has 0 saturated carbocycles. The molecular formula is C13H22N4O. The second kappa shape index (κ2) is 6.54. The first-order chi connectivity index (χ1) is 8.83. The second-order valence-corrected chi connectivity index (χ2v) is 4.66. The van der Waals surface area contributed by atoms with Crippen LogP contribution in [0, 0.1) is 0 Å². The third-order valence-electron chi connectivity index (χ3n) is 3.23. The quantitative estimate of drug-likeness (QED) is 0.828. The summed E-state index contributed by atoms with van der Waals surface area (Å²) in [6, 6.07) is 0.574. The maximum atomic E-state index is 5.14. The van der Waals surface area contributed by atoms with Crippen LogP contribution in [0.2, 0.25) is 0 Å². The summed E-state index contributed by atoms with van der Waals surface area (Å²) >= 11 is 0. The molecule has 1 aliphatic heterocycles. The van der Waals surface area contributed by atoms with E-state index in [2.05, 4.69) is 27.1 Å². The van der Waals surface area contributed by atoms with Gasteiger partial charge in [0.25, 0.3) is 0 Å². The molecule has 18 heavy (non-hydrogen) atoms. The van der Waals surface area contributed by atoms with Gasteiger partial charge in [-0.1, -0.05) is 6.92 Å². The van der Waals surface area contributed by atoms with Gasteiger partial charge in [-0.3, -0.25) is 4.98 Å². The topological polar surface area (TPSA) is 50.3 Å². The lowest BCUT2D eigenvalue weighted by molar-refractivity contribution is 0.395. The molecule has 0 bridgehead atoms. The van der Waals surface area contributed by atoms with Crippen molar-refractivity contribution in [3.63, 3.8) is 0 Å². The number of ether oxygens (including phenoxy) is 1. The van der Waals surface area contributed by atoms with Crippen LogP contribution in [0.1, 0.15) is 26.2 Å². The van der Waals surface area contributed by atoms with Crippen LogP contribution >= 0.6 is 0 Å². The van der Waals surface area contributed by atoms with E-state index in [9.17, 15) is 0 Å². The Bertz CT molecular complexity index is 366. The van der Waals surface area contributed by atoms with Crippen molar-refractivity contribution in [2.24, 2.45) is 0 Å². The largest absolute Gasteiger partial charge is 0.480 e. The molecule has 1 fully saturated rings. The van der Waals surface area contributed by atoms with Crippen molar-refractivity contribution in [3.05, 3.63) is 12.4 Å². The van der Waals surface area contributed by atoms with Crippen molar-refractivity contribution in [1.29, 1.82) is 0 Å². The number of nitrogens with one attached hydrogen (secondary N) is 1. The lowest BCUT2D eigenvalue weighted by atomic mass is 10.2. The normalized spacial score (nSPS) is 18.9.